The van der Waals surface area contributed by atoms with Crippen LogP contribution >= 0.6 is 0 Å². The molecule has 0 bridgehead atoms. The van der Waals surface area contributed by atoms with Gasteiger partial charge in [0.25, 0.3) is 5.91 Å². The number of aryl methyl sites for hydroxylation is 1. The van der Waals surface area contributed by atoms with Crippen LogP contribution in [0.25, 0.3) is 0 Å². The lowest BCUT2D eigenvalue weighted by Crippen LogP contribution is -2.32. The number of carbonyl (C=O) groups excluding carboxylic acids is 1. The summed E-state index contributed by atoms with van der Waals surface area (Å²) in [5.41, 5.74) is 3.00. The monoisotopic (exact) mass is 260 g/mol. The van der Waals surface area contributed by atoms with Gasteiger partial charge in [0.05, 0.1) is 0 Å². The normalized spacial score (nSPS) is 16.0. The second-order valence-corrected chi connectivity index (χ2v) is 5.27. The van der Waals surface area contributed by atoms with Gasteiger partial charge in [0, 0.05) is 30.9 Å². The SMILES string of the molecule is CCNc1ccc(C(=O)N2CCCCCC2)c(C)c1. The highest BCUT2D eigenvalue weighted by Crippen LogP contribution is 2.19. The summed E-state index contributed by atoms with van der Waals surface area (Å²) in [6.07, 6.45) is 4.78. The largest absolute Gasteiger partial charge is 0.385 e. The minimum Gasteiger partial charge on any atom is -0.385 e. The number of hydrogen-bond acceptors (Lipinski definition) is 2. The summed E-state index contributed by atoms with van der Waals surface area (Å²) in [4.78, 5) is 14.6. The number of anilines is 1. The van der Waals surface area contributed by atoms with E-state index in [0.29, 0.717) is 0 Å². The first-order chi connectivity index (χ1) is 9.22. The van der Waals surface area contributed by atoms with Gasteiger partial charge in [0.2, 0.25) is 0 Å². The highest BCUT2D eigenvalue weighted by Gasteiger charge is 2.18. The van der Waals surface area contributed by atoms with E-state index in [0.717, 1.165) is 49.3 Å². The molecule has 0 aromatic heterocycles. The summed E-state index contributed by atoms with van der Waals surface area (Å²) < 4.78 is 0. The molecule has 0 atom stereocenters. The highest BCUT2D eigenvalue weighted by atomic mass is 16.2. The summed E-state index contributed by atoms with van der Waals surface area (Å²) in [5, 5.41) is 3.28. The van der Waals surface area contributed by atoms with Gasteiger partial charge in [-0.3, -0.25) is 4.79 Å². The number of rotatable bonds is 3. The molecule has 3 heteroatoms. The first kappa shape index (κ1) is 13.9. The van der Waals surface area contributed by atoms with Gasteiger partial charge in [-0.2, -0.15) is 0 Å². The fourth-order valence-electron chi connectivity index (χ4n) is 2.66. The third-order valence-electron chi connectivity index (χ3n) is 3.73. The molecule has 1 N–H and O–H groups in total. The van der Waals surface area contributed by atoms with Gasteiger partial charge in [-0.1, -0.05) is 12.8 Å². The summed E-state index contributed by atoms with van der Waals surface area (Å²) in [6, 6.07) is 6.02. The molecule has 2 rings (SSSR count). The molecule has 104 valence electrons. The van der Waals surface area contributed by atoms with Crippen LogP contribution in [-0.4, -0.2) is 30.4 Å². The second-order valence-electron chi connectivity index (χ2n) is 5.27. The third-order valence-corrected chi connectivity index (χ3v) is 3.73. The van der Waals surface area contributed by atoms with E-state index in [1.54, 1.807) is 0 Å². The lowest BCUT2D eigenvalue weighted by Gasteiger charge is -2.21. The molecule has 0 spiro atoms. The molecule has 0 unspecified atom stereocenters. The summed E-state index contributed by atoms with van der Waals surface area (Å²) in [7, 11) is 0. The average Bonchev–Trinajstić information content (AvgIpc) is 2.67. The number of likely N-dealkylation sites (tertiary alicyclic amines) is 1. The van der Waals surface area contributed by atoms with Crippen molar-refractivity contribution in [3.63, 3.8) is 0 Å². The maximum absolute atomic E-state index is 12.5. The molecule has 1 heterocycles. The zero-order valence-electron chi connectivity index (χ0n) is 12.0. The fraction of sp³-hybridized carbons (Fsp3) is 0.562. The number of carbonyl (C=O) groups is 1. The molecule has 1 aromatic carbocycles. The van der Waals surface area contributed by atoms with E-state index in [1.807, 2.05) is 24.0 Å². The molecule has 0 radical (unpaired) electrons. The van der Waals surface area contributed by atoms with Crippen molar-refractivity contribution in [3.8, 4) is 0 Å². The van der Waals surface area contributed by atoms with Crippen molar-refractivity contribution in [2.45, 2.75) is 39.5 Å². The van der Waals surface area contributed by atoms with Gasteiger partial charge in [-0.15, -0.1) is 0 Å². The Labute approximate surface area is 116 Å². The molecule has 1 fully saturated rings. The van der Waals surface area contributed by atoms with E-state index in [2.05, 4.69) is 18.3 Å². The van der Waals surface area contributed by atoms with E-state index in [1.165, 1.54) is 12.8 Å². The van der Waals surface area contributed by atoms with Crippen molar-refractivity contribution in [2.24, 2.45) is 0 Å². The number of nitrogens with zero attached hydrogens (tertiary/aromatic N) is 1. The number of benzene rings is 1. The topological polar surface area (TPSA) is 32.3 Å². The molecule has 0 saturated carbocycles. The first-order valence-corrected chi connectivity index (χ1v) is 7.36. The van der Waals surface area contributed by atoms with Gasteiger partial charge in [-0.25, -0.2) is 0 Å². The van der Waals surface area contributed by atoms with Gasteiger partial charge < -0.3 is 10.2 Å². The minimum atomic E-state index is 0.197. The van der Waals surface area contributed by atoms with Crippen molar-refractivity contribution in [2.75, 3.05) is 25.0 Å². The summed E-state index contributed by atoms with van der Waals surface area (Å²) in [6.45, 7) is 6.82. The van der Waals surface area contributed by atoms with Crippen LogP contribution in [-0.2, 0) is 0 Å². The van der Waals surface area contributed by atoms with E-state index in [4.69, 9.17) is 0 Å². The zero-order chi connectivity index (χ0) is 13.7. The second kappa shape index (κ2) is 6.60. The Bertz CT molecular complexity index is 434. The van der Waals surface area contributed by atoms with Gasteiger partial charge in [-0.05, 0) is 50.5 Å². The Morgan fingerprint density at radius 3 is 2.47 bits per heavy atom. The first-order valence-electron chi connectivity index (χ1n) is 7.36. The summed E-state index contributed by atoms with van der Waals surface area (Å²) >= 11 is 0. The van der Waals surface area contributed by atoms with Crippen LogP contribution < -0.4 is 5.32 Å². The van der Waals surface area contributed by atoms with E-state index in [9.17, 15) is 4.79 Å². The smallest absolute Gasteiger partial charge is 0.254 e. The molecule has 1 aromatic rings. The fourth-order valence-corrected chi connectivity index (χ4v) is 2.66. The molecular weight excluding hydrogens is 236 g/mol. The molecule has 1 aliphatic heterocycles. The average molecular weight is 260 g/mol. The van der Waals surface area contributed by atoms with Gasteiger partial charge in [0.15, 0.2) is 0 Å². The minimum absolute atomic E-state index is 0.197. The Morgan fingerprint density at radius 1 is 1.21 bits per heavy atom. The molecular formula is C16H24N2O. The Kier molecular flexibility index (Phi) is 4.83. The highest BCUT2D eigenvalue weighted by molar-refractivity contribution is 5.96. The molecule has 1 amide bonds. The number of nitrogens with one attached hydrogen (secondary N) is 1. The standard InChI is InChI=1S/C16H24N2O/c1-3-17-14-8-9-15(13(2)12-14)16(19)18-10-6-4-5-7-11-18/h8-9,12,17H,3-7,10-11H2,1-2H3. The van der Waals surface area contributed by atoms with E-state index >= 15 is 0 Å². The number of hydrogen-bond donors (Lipinski definition) is 1. The van der Waals surface area contributed by atoms with Crippen LogP contribution in [0.5, 0.6) is 0 Å². The Morgan fingerprint density at radius 2 is 1.89 bits per heavy atom. The van der Waals surface area contributed by atoms with E-state index < -0.39 is 0 Å². The summed E-state index contributed by atoms with van der Waals surface area (Å²) in [5.74, 6) is 0.197. The maximum Gasteiger partial charge on any atom is 0.254 e. The molecule has 19 heavy (non-hydrogen) atoms. The Hall–Kier alpha value is -1.51. The predicted molar refractivity (Wildman–Crippen MR) is 79.7 cm³/mol. The van der Waals surface area contributed by atoms with Gasteiger partial charge >= 0.3 is 0 Å². The van der Waals surface area contributed by atoms with Crippen LogP contribution in [0.15, 0.2) is 18.2 Å². The van der Waals surface area contributed by atoms with Gasteiger partial charge in [0.1, 0.15) is 0 Å². The lowest BCUT2D eigenvalue weighted by atomic mass is 10.1. The Balaban J connectivity index is 2.13. The van der Waals surface area contributed by atoms with Crippen molar-refractivity contribution < 1.29 is 4.79 Å². The van der Waals surface area contributed by atoms with Crippen LogP contribution in [0.1, 0.15) is 48.5 Å². The molecule has 1 saturated heterocycles. The van der Waals surface area contributed by atoms with Crippen molar-refractivity contribution in [1.29, 1.82) is 0 Å². The quantitative estimate of drug-likeness (QED) is 0.903. The van der Waals surface area contributed by atoms with Crippen molar-refractivity contribution >= 4 is 11.6 Å². The lowest BCUT2D eigenvalue weighted by molar-refractivity contribution is 0.0761. The van der Waals surface area contributed by atoms with Crippen molar-refractivity contribution in [1.82, 2.24) is 4.90 Å². The third kappa shape index (κ3) is 3.49. The van der Waals surface area contributed by atoms with Crippen LogP contribution in [0.2, 0.25) is 0 Å². The molecule has 3 nitrogen and oxygen atoms in total. The number of amides is 1. The molecule has 1 aliphatic rings. The van der Waals surface area contributed by atoms with Crippen LogP contribution in [0.4, 0.5) is 5.69 Å². The van der Waals surface area contributed by atoms with Crippen LogP contribution in [0.3, 0.4) is 0 Å². The van der Waals surface area contributed by atoms with Crippen molar-refractivity contribution in [3.05, 3.63) is 29.3 Å². The molecule has 0 aliphatic carbocycles. The van der Waals surface area contributed by atoms with E-state index in [-0.39, 0.29) is 5.91 Å². The maximum atomic E-state index is 12.5. The zero-order valence-corrected chi connectivity index (χ0v) is 12.0. The van der Waals surface area contributed by atoms with Crippen LogP contribution in [0, 0.1) is 6.92 Å². The predicted octanol–water partition coefficient (Wildman–Crippen LogP) is 3.44.